The first-order valence-electron chi connectivity index (χ1n) is 7.62. The Morgan fingerprint density at radius 3 is 2.38 bits per heavy atom. The Labute approximate surface area is 139 Å². The standard InChI is InChI=1S/C19H15N5/c1-2-5-14(6-3-1)17-9-8-16(12-21-17)23-19-22-13-18(24-19)15-7-4-10-20-11-15/h1-13H,(H2,22,23,24). The van der Waals surface area contributed by atoms with Gasteiger partial charge in [0.05, 0.1) is 29.5 Å². The van der Waals surface area contributed by atoms with Crippen LogP contribution in [0.5, 0.6) is 0 Å². The summed E-state index contributed by atoms with van der Waals surface area (Å²) in [6, 6.07) is 18.0. The maximum absolute atomic E-state index is 4.50. The highest BCUT2D eigenvalue weighted by Gasteiger charge is 2.04. The van der Waals surface area contributed by atoms with E-state index in [2.05, 4.69) is 25.3 Å². The molecule has 0 bridgehead atoms. The minimum atomic E-state index is 0.670. The quantitative estimate of drug-likeness (QED) is 0.590. The fourth-order valence-electron chi connectivity index (χ4n) is 2.44. The molecule has 0 aliphatic carbocycles. The number of pyridine rings is 2. The molecule has 1 aromatic carbocycles. The minimum Gasteiger partial charge on any atom is -0.324 e. The number of anilines is 2. The summed E-state index contributed by atoms with van der Waals surface area (Å²) in [4.78, 5) is 16.2. The molecular weight excluding hydrogens is 298 g/mol. The largest absolute Gasteiger partial charge is 0.324 e. The summed E-state index contributed by atoms with van der Waals surface area (Å²) >= 11 is 0. The van der Waals surface area contributed by atoms with Gasteiger partial charge in [-0.1, -0.05) is 30.3 Å². The zero-order valence-electron chi connectivity index (χ0n) is 12.8. The fourth-order valence-corrected chi connectivity index (χ4v) is 2.44. The van der Waals surface area contributed by atoms with Gasteiger partial charge in [-0.3, -0.25) is 9.97 Å². The van der Waals surface area contributed by atoms with Gasteiger partial charge in [0, 0.05) is 23.5 Å². The van der Waals surface area contributed by atoms with E-state index in [0.29, 0.717) is 5.95 Å². The molecule has 0 saturated heterocycles. The Kier molecular flexibility index (Phi) is 3.73. The summed E-state index contributed by atoms with van der Waals surface area (Å²) in [6.07, 6.45) is 7.13. The molecule has 0 aliphatic rings. The molecule has 4 aromatic rings. The van der Waals surface area contributed by atoms with E-state index in [1.54, 1.807) is 24.8 Å². The first-order valence-corrected chi connectivity index (χ1v) is 7.62. The number of imidazole rings is 1. The van der Waals surface area contributed by atoms with E-state index >= 15 is 0 Å². The van der Waals surface area contributed by atoms with Gasteiger partial charge < -0.3 is 10.3 Å². The van der Waals surface area contributed by atoms with Crippen molar-refractivity contribution >= 4 is 11.6 Å². The van der Waals surface area contributed by atoms with Crippen LogP contribution >= 0.6 is 0 Å². The van der Waals surface area contributed by atoms with E-state index in [0.717, 1.165) is 28.2 Å². The highest BCUT2D eigenvalue weighted by atomic mass is 15.1. The second-order valence-electron chi connectivity index (χ2n) is 5.31. The molecule has 2 N–H and O–H groups in total. The molecule has 0 aliphatic heterocycles. The Balaban J connectivity index is 1.51. The molecule has 5 heteroatoms. The molecule has 0 unspecified atom stereocenters. The third-order valence-electron chi connectivity index (χ3n) is 3.64. The van der Waals surface area contributed by atoms with Gasteiger partial charge >= 0.3 is 0 Å². The van der Waals surface area contributed by atoms with Gasteiger partial charge in [-0.25, -0.2) is 4.98 Å². The molecule has 0 saturated carbocycles. The van der Waals surface area contributed by atoms with Crippen molar-refractivity contribution in [3.05, 3.63) is 79.4 Å². The van der Waals surface area contributed by atoms with E-state index in [1.807, 2.05) is 54.6 Å². The van der Waals surface area contributed by atoms with Crippen molar-refractivity contribution in [1.29, 1.82) is 0 Å². The van der Waals surface area contributed by atoms with Crippen molar-refractivity contribution in [2.45, 2.75) is 0 Å². The lowest BCUT2D eigenvalue weighted by Gasteiger charge is -2.04. The van der Waals surface area contributed by atoms with Crippen LogP contribution in [0.3, 0.4) is 0 Å². The zero-order chi connectivity index (χ0) is 16.2. The molecule has 0 radical (unpaired) electrons. The topological polar surface area (TPSA) is 66.5 Å². The molecular formula is C19H15N5. The molecule has 0 amide bonds. The van der Waals surface area contributed by atoms with E-state index in [-0.39, 0.29) is 0 Å². The van der Waals surface area contributed by atoms with Crippen molar-refractivity contribution in [1.82, 2.24) is 19.9 Å². The predicted octanol–water partition coefficient (Wildman–Crippen LogP) is 4.28. The number of hydrogen-bond acceptors (Lipinski definition) is 4. The molecule has 24 heavy (non-hydrogen) atoms. The Bertz CT molecular complexity index is 915. The number of nitrogens with one attached hydrogen (secondary N) is 2. The number of aromatic nitrogens is 4. The monoisotopic (exact) mass is 313 g/mol. The number of nitrogens with zero attached hydrogens (tertiary/aromatic N) is 3. The molecule has 0 fully saturated rings. The molecule has 3 heterocycles. The number of hydrogen-bond donors (Lipinski definition) is 2. The molecule has 5 nitrogen and oxygen atoms in total. The molecule has 0 spiro atoms. The summed E-state index contributed by atoms with van der Waals surface area (Å²) in [5.74, 6) is 0.670. The Morgan fingerprint density at radius 1 is 0.750 bits per heavy atom. The summed E-state index contributed by atoms with van der Waals surface area (Å²) in [6.45, 7) is 0. The van der Waals surface area contributed by atoms with E-state index < -0.39 is 0 Å². The van der Waals surface area contributed by atoms with Crippen LogP contribution < -0.4 is 5.32 Å². The van der Waals surface area contributed by atoms with Gasteiger partial charge in [0.2, 0.25) is 5.95 Å². The van der Waals surface area contributed by atoms with E-state index in [9.17, 15) is 0 Å². The van der Waals surface area contributed by atoms with Crippen molar-refractivity contribution in [2.24, 2.45) is 0 Å². The zero-order valence-corrected chi connectivity index (χ0v) is 12.8. The van der Waals surface area contributed by atoms with E-state index in [4.69, 9.17) is 0 Å². The van der Waals surface area contributed by atoms with Gasteiger partial charge in [-0.15, -0.1) is 0 Å². The molecule has 116 valence electrons. The highest BCUT2D eigenvalue weighted by Crippen LogP contribution is 2.21. The number of aromatic amines is 1. The highest BCUT2D eigenvalue weighted by molar-refractivity contribution is 5.64. The van der Waals surface area contributed by atoms with Crippen molar-refractivity contribution in [3.8, 4) is 22.5 Å². The van der Waals surface area contributed by atoms with Gasteiger partial charge in [-0.2, -0.15) is 0 Å². The number of rotatable bonds is 4. The SMILES string of the molecule is c1ccc(-c2ccc(Nc3ncc(-c4cccnc4)[nH]3)cn2)cc1. The van der Waals surface area contributed by atoms with Crippen LogP contribution in [0.15, 0.2) is 79.4 Å². The Hall–Kier alpha value is -3.47. The predicted molar refractivity (Wildman–Crippen MR) is 94.8 cm³/mol. The van der Waals surface area contributed by atoms with Crippen LogP contribution in [0.25, 0.3) is 22.5 Å². The van der Waals surface area contributed by atoms with Gasteiger partial charge in [0.25, 0.3) is 0 Å². The van der Waals surface area contributed by atoms with Crippen LogP contribution in [-0.2, 0) is 0 Å². The van der Waals surface area contributed by atoms with Crippen molar-refractivity contribution in [3.63, 3.8) is 0 Å². The first-order chi connectivity index (χ1) is 11.9. The second-order valence-corrected chi connectivity index (χ2v) is 5.31. The second kappa shape index (κ2) is 6.34. The van der Waals surface area contributed by atoms with Crippen LogP contribution in [-0.4, -0.2) is 19.9 Å². The lowest BCUT2D eigenvalue weighted by Crippen LogP contribution is -1.93. The summed E-state index contributed by atoms with van der Waals surface area (Å²) in [5.41, 5.74) is 4.83. The summed E-state index contributed by atoms with van der Waals surface area (Å²) < 4.78 is 0. The maximum Gasteiger partial charge on any atom is 0.205 e. The van der Waals surface area contributed by atoms with Gasteiger partial charge in [0.15, 0.2) is 0 Å². The van der Waals surface area contributed by atoms with Crippen molar-refractivity contribution < 1.29 is 0 Å². The lowest BCUT2D eigenvalue weighted by molar-refractivity contribution is 1.26. The Morgan fingerprint density at radius 2 is 1.62 bits per heavy atom. The first kappa shape index (κ1) is 14.1. The smallest absolute Gasteiger partial charge is 0.205 e. The van der Waals surface area contributed by atoms with Gasteiger partial charge in [-0.05, 0) is 24.3 Å². The minimum absolute atomic E-state index is 0.670. The summed E-state index contributed by atoms with van der Waals surface area (Å²) in [5, 5.41) is 3.22. The number of benzene rings is 1. The molecule has 3 aromatic heterocycles. The molecule has 0 atom stereocenters. The van der Waals surface area contributed by atoms with Gasteiger partial charge in [0.1, 0.15) is 0 Å². The third-order valence-corrected chi connectivity index (χ3v) is 3.64. The van der Waals surface area contributed by atoms with Crippen LogP contribution in [0.1, 0.15) is 0 Å². The summed E-state index contributed by atoms with van der Waals surface area (Å²) in [7, 11) is 0. The average Bonchev–Trinajstić information content (AvgIpc) is 3.12. The van der Waals surface area contributed by atoms with Crippen LogP contribution in [0.2, 0.25) is 0 Å². The normalized spacial score (nSPS) is 10.5. The fraction of sp³-hybridized carbons (Fsp3) is 0. The van der Waals surface area contributed by atoms with Crippen LogP contribution in [0, 0.1) is 0 Å². The average molecular weight is 313 g/mol. The van der Waals surface area contributed by atoms with E-state index in [1.165, 1.54) is 0 Å². The van der Waals surface area contributed by atoms with Crippen molar-refractivity contribution in [2.75, 3.05) is 5.32 Å². The molecule has 4 rings (SSSR count). The number of H-pyrrole nitrogens is 1. The lowest BCUT2D eigenvalue weighted by atomic mass is 10.1. The van der Waals surface area contributed by atoms with Crippen LogP contribution in [0.4, 0.5) is 11.6 Å². The maximum atomic E-state index is 4.50. The third kappa shape index (κ3) is 3.01.